The Bertz CT molecular complexity index is 1050. The number of morpholine rings is 1. The van der Waals surface area contributed by atoms with Crippen LogP contribution in [0.15, 0.2) is 12.3 Å². The van der Waals surface area contributed by atoms with Gasteiger partial charge in [-0.25, -0.2) is 15.0 Å². The van der Waals surface area contributed by atoms with Crippen molar-refractivity contribution < 1.29 is 18.9 Å². The molecule has 1 saturated heterocycles. The lowest BCUT2D eigenvalue weighted by Gasteiger charge is -2.28. The van der Waals surface area contributed by atoms with Crippen LogP contribution in [-0.2, 0) is 15.1 Å². The largest absolute Gasteiger partial charge is 0.480 e. The summed E-state index contributed by atoms with van der Waals surface area (Å²) in [5, 5.41) is 0. The highest BCUT2D eigenvalue weighted by Gasteiger charge is 2.27. The van der Waals surface area contributed by atoms with Crippen LogP contribution in [0.5, 0.6) is 11.9 Å². The van der Waals surface area contributed by atoms with Crippen molar-refractivity contribution in [1.29, 1.82) is 0 Å². The monoisotopic (exact) mass is 431 g/mol. The zero-order chi connectivity index (χ0) is 21.3. The molecule has 0 atom stereocenters. The van der Waals surface area contributed by atoms with Gasteiger partial charge >= 0.3 is 6.01 Å². The first-order valence-corrected chi connectivity index (χ1v) is 10.4. The number of aromatic nitrogens is 4. The molecule has 0 amide bonds. The van der Waals surface area contributed by atoms with E-state index >= 15 is 0 Å². The second kappa shape index (κ2) is 8.29. The molecule has 4 heterocycles. The van der Waals surface area contributed by atoms with Crippen molar-refractivity contribution in [3.05, 3.63) is 17.1 Å². The van der Waals surface area contributed by atoms with Gasteiger partial charge < -0.3 is 23.8 Å². The molecule has 0 aromatic carbocycles. The van der Waals surface area contributed by atoms with Gasteiger partial charge in [-0.2, -0.15) is 4.98 Å². The number of hydrogen-bond donors (Lipinski definition) is 0. The minimum absolute atomic E-state index is 0.227. The van der Waals surface area contributed by atoms with Crippen LogP contribution in [0.1, 0.15) is 18.7 Å². The third-order valence-corrected chi connectivity index (χ3v) is 6.54. The van der Waals surface area contributed by atoms with Crippen LogP contribution in [0.25, 0.3) is 21.6 Å². The van der Waals surface area contributed by atoms with Crippen molar-refractivity contribution in [2.75, 3.05) is 52.5 Å². The van der Waals surface area contributed by atoms with Crippen LogP contribution in [0, 0.1) is 0 Å². The number of anilines is 1. The van der Waals surface area contributed by atoms with E-state index in [1.54, 1.807) is 31.8 Å². The normalized spacial score (nSPS) is 14.9. The summed E-state index contributed by atoms with van der Waals surface area (Å²) in [6.45, 7) is 6.95. The Balaban J connectivity index is 1.91. The minimum atomic E-state index is -0.422. The zero-order valence-corrected chi connectivity index (χ0v) is 18.6. The Morgan fingerprint density at radius 1 is 1.07 bits per heavy atom. The first-order valence-electron chi connectivity index (χ1n) is 9.62. The fourth-order valence-corrected chi connectivity index (χ4v) is 4.38. The third kappa shape index (κ3) is 3.78. The van der Waals surface area contributed by atoms with Crippen LogP contribution in [-0.4, -0.2) is 67.6 Å². The maximum atomic E-state index is 5.69. The Labute approximate surface area is 179 Å². The zero-order valence-electron chi connectivity index (χ0n) is 17.8. The molecular weight excluding hydrogens is 406 g/mol. The van der Waals surface area contributed by atoms with Gasteiger partial charge in [-0.05, 0) is 19.9 Å². The summed E-state index contributed by atoms with van der Waals surface area (Å²) >= 11 is 1.65. The molecular formula is C20H25N5O4S. The molecule has 0 aliphatic carbocycles. The average Bonchev–Trinajstić information content (AvgIpc) is 3.23. The van der Waals surface area contributed by atoms with Crippen LogP contribution >= 0.6 is 11.3 Å². The number of rotatable bonds is 6. The lowest BCUT2D eigenvalue weighted by atomic mass is 10.1. The van der Waals surface area contributed by atoms with Gasteiger partial charge in [-0.3, -0.25) is 0 Å². The molecule has 1 fully saturated rings. The summed E-state index contributed by atoms with van der Waals surface area (Å²) in [5.41, 5.74) is 1.03. The first kappa shape index (κ1) is 20.7. The van der Waals surface area contributed by atoms with Gasteiger partial charge in [0.05, 0.1) is 43.3 Å². The minimum Gasteiger partial charge on any atom is -0.480 e. The van der Waals surface area contributed by atoms with Gasteiger partial charge in [0.15, 0.2) is 11.6 Å². The van der Waals surface area contributed by atoms with Crippen LogP contribution in [0.4, 0.5) is 5.82 Å². The van der Waals surface area contributed by atoms with Gasteiger partial charge in [-0.15, -0.1) is 11.3 Å². The average molecular weight is 432 g/mol. The first-order chi connectivity index (χ1) is 14.5. The fourth-order valence-electron chi connectivity index (χ4n) is 3.18. The SMILES string of the molecule is COc1ncc(-c2nc(N3CCOCC3)c3sc(C(C)(C)OC)cc3n2)c(OC)n1. The van der Waals surface area contributed by atoms with Gasteiger partial charge in [0.2, 0.25) is 5.88 Å². The van der Waals surface area contributed by atoms with E-state index in [-0.39, 0.29) is 6.01 Å². The molecule has 1 aliphatic rings. The Hall–Kier alpha value is -2.56. The highest BCUT2D eigenvalue weighted by Crippen LogP contribution is 2.40. The lowest BCUT2D eigenvalue weighted by molar-refractivity contribution is 0.0224. The molecule has 0 spiro atoms. The number of methoxy groups -OCH3 is 3. The molecule has 9 nitrogen and oxygen atoms in total. The van der Waals surface area contributed by atoms with Gasteiger partial charge in [0.25, 0.3) is 0 Å². The van der Waals surface area contributed by atoms with Crippen LogP contribution in [0.3, 0.4) is 0 Å². The van der Waals surface area contributed by atoms with E-state index in [2.05, 4.69) is 20.9 Å². The number of fused-ring (bicyclic) bond motifs is 1. The Kier molecular flexibility index (Phi) is 5.72. The smallest absolute Gasteiger partial charge is 0.319 e. The molecule has 160 valence electrons. The third-order valence-electron chi connectivity index (χ3n) is 5.12. The van der Waals surface area contributed by atoms with Crippen molar-refractivity contribution >= 4 is 27.4 Å². The van der Waals surface area contributed by atoms with Crippen LogP contribution in [0.2, 0.25) is 0 Å². The van der Waals surface area contributed by atoms with E-state index in [0.29, 0.717) is 30.5 Å². The second-order valence-electron chi connectivity index (χ2n) is 7.29. The van der Waals surface area contributed by atoms with E-state index in [1.165, 1.54) is 7.11 Å². The molecule has 4 rings (SSSR count). The highest BCUT2D eigenvalue weighted by molar-refractivity contribution is 7.19. The molecule has 10 heteroatoms. The standard InChI is InChI=1S/C20H25N5O4S/c1-20(2,28-5)14-10-13-15(30-14)17(25-6-8-29-9-7-25)23-16(22-13)12-11-21-19(27-4)24-18(12)26-3/h10-11H,6-9H2,1-5H3. The summed E-state index contributed by atoms with van der Waals surface area (Å²) in [6, 6.07) is 2.29. The van der Waals surface area contributed by atoms with E-state index < -0.39 is 5.60 Å². The summed E-state index contributed by atoms with van der Waals surface area (Å²) in [6.07, 6.45) is 1.63. The lowest BCUT2D eigenvalue weighted by Crippen LogP contribution is -2.36. The molecule has 0 bridgehead atoms. The van der Waals surface area contributed by atoms with Gasteiger partial charge in [-0.1, -0.05) is 0 Å². The predicted octanol–water partition coefficient (Wildman–Crippen LogP) is 2.88. The number of hydrogen-bond acceptors (Lipinski definition) is 10. The van der Waals surface area contributed by atoms with E-state index in [9.17, 15) is 0 Å². The molecule has 3 aromatic heterocycles. The van der Waals surface area contributed by atoms with Gasteiger partial charge in [0, 0.05) is 31.3 Å². The maximum Gasteiger partial charge on any atom is 0.319 e. The topological polar surface area (TPSA) is 91.7 Å². The summed E-state index contributed by atoms with van der Waals surface area (Å²) in [5.74, 6) is 1.74. The Morgan fingerprint density at radius 3 is 2.50 bits per heavy atom. The molecule has 1 aliphatic heterocycles. The number of thiophene rings is 1. The number of nitrogens with zero attached hydrogens (tertiary/aromatic N) is 5. The van der Waals surface area contributed by atoms with Crippen LogP contribution < -0.4 is 14.4 Å². The fraction of sp³-hybridized carbons (Fsp3) is 0.500. The van der Waals surface area contributed by atoms with Crippen molar-refractivity contribution in [3.8, 4) is 23.3 Å². The van der Waals surface area contributed by atoms with E-state index in [0.717, 1.165) is 34.0 Å². The summed E-state index contributed by atoms with van der Waals surface area (Å²) in [7, 11) is 4.78. The Morgan fingerprint density at radius 2 is 1.83 bits per heavy atom. The molecule has 3 aromatic rings. The molecule has 0 N–H and O–H groups in total. The van der Waals surface area contributed by atoms with Gasteiger partial charge in [0.1, 0.15) is 5.56 Å². The van der Waals surface area contributed by atoms with Crippen molar-refractivity contribution in [2.45, 2.75) is 19.4 Å². The van der Waals surface area contributed by atoms with E-state index in [1.807, 2.05) is 13.8 Å². The van der Waals surface area contributed by atoms with Crippen molar-refractivity contribution in [1.82, 2.24) is 19.9 Å². The number of ether oxygens (including phenoxy) is 4. The second-order valence-corrected chi connectivity index (χ2v) is 8.34. The van der Waals surface area contributed by atoms with E-state index in [4.69, 9.17) is 28.9 Å². The quantitative estimate of drug-likeness (QED) is 0.584. The highest BCUT2D eigenvalue weighted by atomic mass is 32.1. The maximum absolute atomic E-state index is 5.69. The summed E-state index contributed by atoms with van der Waals surface area (Å²) < 4.78 is 22.8. The molecule has 0 saturated carbocycles. The summed E-state index contributed by atoms with van der Waals surface area (Å²) in [4.78, 5) is 21.5. The molecule has 0 unspecified atom stereocenters. The predicted molar refractivity (Wildman–Crippen MR) is 115 cm³/mol. The van der Waals surface area contributed by atoms with Crippen molar-refractivity contribution in [2.24, 2.45) is 0 Å². The van der Waals surface area contributed by atoms with Crippen molar-refractivity contribution in [3.63, 3.8) is 0 Å². The molecule has 30 heavy (non-hydrogen) atoms. The molecule has 0 radical (unpaired) electrons.